The maximum Gasteiger partial charge on any atom is 0.329 e. The van der Waals surface area contributed by atoms with Gasteiger partial charge in [-0.25, -0.2) is 4.98 Å². The van der Waals surface area contributed by atoms with Crippen molar-refractivity contribution in [1.82, 2.24) is 9.97 Å². The highest BCUT2D eigenvalue weighted by atomic mass is 16.6. The van der Waals surface area contributed by atoms with Crippen LogP contribution in [-0.4, -0.2) is 34.0 Å². The summed E-state index contributed by atoms with van der Waals surface area (Å²) < 4.78 is 0. The number of hydrogen-bond acceptors (Lipinski definition) is 6. The van der Waals surface area contributed by atoms with Gasteiger partial charge in [-0.05, 0) is 26.7 Å². The molecule has 1 aliphatic heterocycles. The lowest BCUT2D eigenvalue weighted by Gasteiger charge is -2.22. The van der Waals surface area contributed by atoms with Crippen molar-refractivity contribution in [2.24, 2.45) is 0 Å². The zero-order valence-electron chi connectivity index (χ0n) is 10.6. The number of nitro groups is 1. The molecule has 1 fully saturated rings. The van der Waals surface area contributed by atoms with E-state index in [1.165, 1.54) is 6.20 Å². The third-order valence-corrected chi connectivity index (χ3v) is 3.11. The fourth-order valence-corrected chi connectivity index (χ4v) is 2.20. The number of aromatic nitrogens is 2. The van der Waals surface area contributed by atoms with Gasteiger partial charge in [0.2, 0.25) is 11.8 Å². The lowest BCUT2D eigenvalue weighted by Crippen LogP contribution is -2.28. The van der Waals surface area contributed by atoms with E-state index in [0.717, 1.165) is 19.4 Å². The van der Waals surface area contributed by atoms with E-state index in [1.54, 1.807) is 0 Å². The summed E-state index contributed by atoms with van der Waals surface area (Å²) in [5, 5.41) is 14.0. The fraction of sp³-hybridized carbons (Fsp3) is 0.636. The van der Waals surface area contributed by atoms with Gasteiger partial charge in [0.1, 0.15) is 6.20 Å². The Morgan fingerprint density at radius 1 is 1.67 bits per heavy atom. The Bertz CT molecular complexity index is 451. The van der Waals surface area contributed by atoms with Crippen LogP contribution in [0.2, 0.25) is 0 Å². The first-order valence-electron chi connectivity index (χ1n) is 6.15. The zero-order chi connectivity index (χ0) is 13.1. The van der Waals surface area contributed by atoms with Gasteiger partial charge in [-0.1, -0.05) is 0 Å². The minimum Gasteiger partial charge on any atom is -0.354 e. The van der Waals surface area contributed by atoms with Crippen LogP contribution < -0.4 is 10.2 Å². The molecule has 2 rings (SSSR count). The van der Waals surface area contributed by atoms with E-state index in [-0.39, 0.29) is 11.7 Å². The molecular weight excluding hydrogens is 234 g/mol. The number of hydrogen-bond donors (Lipinski definition) is 1. The average molecular weight is 251 g/mol. The summed E-state index contributed by atoms with van der Waals surface area (Å²) in [6, 6.07) is 0.285. The predicted octanol–water partition coefficient (Wildman–Crippen LogP) is 1.81. The molecule has 7 heteroatoms. The monoisotopic (exact) mass is 251 g/mol. The summed E-state index contributed by atoms with van der Waals surface area (Å²) in [7, 11) is 0. The van der Waals surface area contributed by atoms with Crippen LogP contribution in [0, 0.1) is 10.1 Å². The van der Waals surface area contributed by atoms with Crippen molar-refractivity contribution in [1.29, 1.82) is 0 Å². The van der Waals surface area contributed by atoms with Gasteiger partial charge in [0.15, 0.2) is 0 Å². The Morgan fingerprint density at radius 3 is 3.00 bits per heavy atom. The second-order valence-electron chi connectivity index (χ2n) is 4.37. The first-order chi connectivity index (χ1) is 8.63. The standard InChI is InChI=1S/C11H17N5O2/c1-3-12-11-13-7-9(16(17)18)10(14-11)15-6-4-5-8(15)2/h7-8H,3-6H2,1-2H3,(H,12,13,14). The molecule has 0 bridgehead atoms. The fourth-order valence-electron chi connectivity index (χ4n) is 2.20. The van der Waals surface area contributed by atoms with Gasteiger partial charge in [0, 0.05) is 19.1 Å². The normalized spacial score (nSPS) is 19.0. The summed E-state index contributed by atoms with van der Waals surface area (Å²) in [4.78, 5) is 20.8. The van der Waals surface area contributed by atoms with E-state index in [1.807, 2.05) is 11.8 Å². The number of rotatable bonds is 4. The minimum atomic E-state index is -0.421. The smallest absolute Gasteiger partial charge is 0.329 e. The third-order valence-electron chi connectivity index (χ3n) is 3.11. The highest BCUT2D eigenvalue weighted by Gasteiger charge is 2.29. The molecule has 2 heterocycles. The molecule has 1 saturated heterocycles. The van der Waals surface area contributed by atoms with Gasteiger partial charge >= 0.3 is 5.69 Å². The quantitative estimate of drug-likeness (QED) is 0.649. The van der Waals surface area contributed by atoms with Crippen LogP contribution in [0.25, 0.3) is 0 Å². The Balaban J connectivity index is 2.40. The van der Waals surface area contributed by atoms with Gasteiger partial charge < -0.3 is 10.2 Å². The molecule has 1 aliphatic rings. The maximum absolute atomic E-state index is 11.0. The van der Waals surface area contributed by atoms with Crippen LogP contribution in [-0.2, 0) is 0 Å². The summed E-state index contributed by atoms with van der Waals surface area (Å²) in [6.07, 6.45) is 3.36. The Kier molecular flexibility index (Phi) is 3.59. The summed E-state index contributed by atoms with van der Waals surface area (Å²) in [5.41, 5.74) is -0.0228. The van der Waals surface area contributed by atoms with Crippen molar-refractivity contribution in [3.63, 3.8) is 0 Å². The molecule has 1 atom stereocenters. The summed E-state index contributed by atoms with van der Waals surface area (Å²) in [5.74, 6) is 0.869. The van der Waals surface area contributed by atoms with E-state index in [0.29, 0.717) is 18.3 Å². The lowest BCUT2D eigenvalue weighted by molar-refractivity contribution is -0.384. The van der Waals surface area contributed by atoms with Gasteiger partial charge in [-0.3, -0.25) is 10.1 Å². The maximum atomic E-state index is 11.0. The first-order valence-corrected chi connectivity index (χ1v) is 6.15. The topological polar surface area (TPSA) is 84.2 Å². The van der Waals surface area contributed by atoms with Crippen molar-refractivity contribution < 1.29 is 4.92 Å². The SMILES string of the molecule is CCNc1ncc([N+](=O)[O-])c(N2CCCC2C)n1. The molecule has 18 heavy (non-hydrogen) atoms. The second-order valence-corrected chi connectivity index (χ2v) is 4.37. The van der Waals surface area contributed by atoms with Gasteiger partial charge in [-0.2, -0.15) is 4.98 Å². The highest BCUT2D eigenvalue weighted by Crippen LogP contribution is 2.31. The van der Waals surface area contributed by atoms with E-state index in [9.17, 15) is 10.1 Å². The van der Waals surface area contributed by atoms with Gasteiger partial charge in [0.05, 0.1) is 4.92 Å². The lowest BCUT2D eigenvalue weighted by atomic mass is 10.2. The Labute approximate surface area is 105 Å². The molecular formula is C11H17N5O2. The molecule has 0 saturated carbocycles. The molecule has 0 spiro atoms. The highest BCUT2D eigenvalue weighted by molar-refractivity contribution is 5.60. The molecule has 0 aromatic carbocycles. The summed E-state index contributed by atoms with van der Waals surface area (Å²) >= 11 is 0. The second kappa shape index (κ2) is 5.16. The van der Waals surface area contributed by atoms with Crippen LogP contribution in [0.4, 0.5) is 17.5 Å². The third kappa shape index (κ3) is 2.34. The van der Waals surface area contributed by atoms with Crippen LogP contribution in [0.5, 0.6) is 0 Å². The van der Waals surface area contributed by atoms with Gasteiger partial charge in [0.25, 0.3) is 0 Å². The number of anilines is 2. The molecule has 1 unspecified atom stereocenters. The van der Waals surface area contributed by atoms with Crippen molar-refractivity contribution in [2.45, 2.75) is 32.7 Å². The van der Waals surface area contributed by atoms with Gasteiger partial charge in [-0.15, -0.1) is 0 Å². The van der Waals surface area contributed by atoms with E-state index >= 15 is 0 Å². The molecule has 98 valence electrons. The first kappa shape index (κ1) is 12.5. The molecule has 1 N–H and O–H groups in total. The van der Waals surface area contributed by atoms with Crippen molar-refractivity contribution in [3.8, 4) is 0 Å². The summed E-state index contributed by atoms with van der Waals surface area (Å²) in [6.45, 7) is 5.49. The van der Waals surface area contributed by atoms with Crippen LogP contribution in [0.1, 0.15) is 26.7 Å². The zero-order valence-corrected chi connectivity index (χ0v) is 10.6. The molecule has 1 aromatic heterocycles. The molecule has 0 amide bonds. The largest absolute Gasteiger partial charge is 0.354 e. The van der Waals surface area contributed by atoms with E-state index < -0.39 is 4.92 Å². The van der Waals surface area contributed by atoms with Crippen molar-refractivity contribution in [3.05, 3.63) is 16.3 Å². The minimum absolute atomic E-state index is 0.0228. The number of nitrogens with one attached hydrogen (secondary N) is 1. The van der Waals surface area contributed by atoms with Crippen LogP contribution in [0.15, 0.2) is 6.20 Å². The van der Waals surface area contributed by atoms with Crippen LogP contribution in [0.3, 0.4) is 0 Å². The number of nitrogens with zero attached hydrogens (tertiary/aromatic N) is 4. The Morgan fingerprint density at radius 2 is 2.44 bits per heavy atom. The molecule has 1 aromatic rings. The Hall–Kier alpha value is -1.92. The van der Waals surface area contributed by atoms with E-state index in [4.69, 9.17) is 0 Å². The molecule has 0 radical (unpaired) electrons. The van der Waals surface area contributed by atoms with Crippen molar-refractivity contribution >= 4 is 17.5 Å². The van der Waals surface area contributed by atoms with E-state index in [2.05, 4.69) is 22.2 Å². The van der Waals surface area contributed by atoms with Crippen molar-refractivity contribution in [2.75, 3.05) is 23.3 Å². The average Bonchev–Trinajstić information content (AvgIpc) is 2.75. The predicted molar refractivity (Wildman–Crippen MR) is 68.9 cm³/mol. The van der Waals surface area contributed by atoms with Crippen LogP contribution >= 0.6 is 0 Å². The molecule has 7 nitrogen and oxygen atoms in total. The molecule has 0 aliphatic carbocycles.